The highest BCUT2D eigenvalue weighted by molar-refractivity contribution is 6.33. The summed E-state index contributed by atoms with van der Waals surface area (Å²) in [4.78, 5) is 29.2. The van der Waals surface area contributed by atoms with Crippen molar-refractivity contribution in [3.8, 4) is 11.1 Å². The molecule has 0 unspecified atom stereocenters. The third-order valence-electron chi connectivity index (χ3n) is 5.36. The summed E-state index contributed by atoms with van der Waals surface area (Å²) in [7, 11) is 0. The number of likely N-dealkylation sites (tertiary alicyclic amines) is 1. The molecule has 3 aromatic rings. The van der Waals surface area contributed by atoms with Gasteiger partial charge < -0.3 is 19.4 Å². The predicted octanol–water partition coefficient (Wildman–Crippen LogP) is 5.44. The van der Waals surface area contributed by atoms with E-state index in [0.29, 0.717) is 36.1 Å². The van der Waals surface area contributed by atoms with Crippen molar-refractivity contribution in [1.29, 1.82) is 0 Å². The summed E-state index contributed by atoms with van der Waals surface area (Å²) in [6, 6.07) is 11.3. The van der Waals surface area contributed by atoms with Crippen LogP contribution in [0.2, 0.25) is 5.02 Å². The van der Waals surface area contributed by atoms with Gasteiger partial charge in [0.25, 0.3) is 0 Å². The number of piperidine rings is 1. The first-order valence-electron chi connectivity index (χ1n) is 10.3. The number of hydrogen-bond donors (Lipinski definition) is 1. The molecule has 162 valence electrons. The van der Waals surface area contributed by atoms with Crippen LogP contribution in [0.4, 0.5) is 10.5 Å². The third kappa shape index (κ3) is 4.66. The Morgan fingerprint density at radius 2 is 1.94 bits per heavy atom. The first-order valence-corrected chi connectivity index (χ1v) is 10.7. The van der Waals surface area contributed by atoms with Gasteiger partial charge in [0, 0.05) is 19.0 Å². The van der Waals surface area contributed by atoms with Crippen LogP contribution in [0.1, 0.15) is 38.5 Å². The van der Waals surface area contributed by atoms with E-state index >= 15 is 0 Å². The lowest BCUT2D eigenvalue weighted by Gasteiger charge is -2.30. The van der Waals surface area contributed by atoms with Crippen LogP contribution in [0.5, 0.6) is 0 Å². The summed E-state index contributed by atoms with van der Waals surface area (Å²) in [5.74, 6) is 0.870. The molecule has 8 heteroatoms. The topological polar surface area (TPSA) is 84.7 Å². The molecule has 7 nitrogen and oxygen atoms in total. The maximum atomic E-state index is 12.1. The van der Waals surface area contributed by atoms with Gasteiger partial charge in [-0.15, -0.1) is 0 Å². The number of rotatable bonds is 5. The van der Waals surface area contributed by atoms with Crippen LogP contribution >= 0.6 is 11.6 Å². The van der Waals surface area contributed by atoms with Gasteiger partial charge >= 0.3 is 6.09 Å². The summed E-state index contributed by atoms with van der Waals surface area (Å²) in [5, 5.41) is 3.04. The number of nitrogens with one attached hydrogen (secondary N) is 1. The molecule has 0 radical (unpaired) electrons. The normalized spacial score (nSPS) is 14.8. The molecule has 1 aliphatic rings. The molecular formula is C23H24ClN3O4. The number of oxazole rings is 1. The van der Waals surface area contributed by atoms with Gasteiger partial charge in [-0.3, -0.25) is 4.79 Å². The first-order chi connectivity index (χ1) is 14.9. The number of ether oxygens (including phenoxy) is 1. The van der Waals surface area contributed by atoms with Crippen molar-refractivity contribution < 1.29 is 18.7 Å². The second-order valence-electron chi connectivity index (χ2n) is 7.89. The number of nitrogens with zero attached hydrogens (tertiary/aromatic N) is 2. The maximum Gasteiger partial charge on any atom is 0.410 e. The van der Waals surface area contributed by atoms with E-state index in [-0.39, 0.29) is 18.1 Å². The number of amides is 2. The molecule has 4 rings (SSSR count). The number of carbonyl (C=O) groups is 2. The van der Waals surface area contributed by atoms with E-state index in [1.165, 1.54) is 0 Å². The minimum atomic E-state index is -0.260. The predicted molar refractivity (Wildman–Crippen MR) is 119 cm³/mol. The van der Waals surface area contributed by atoms with Gasteiger partial charge in [-0.05, 0) is 62.1 Å². The van der Waals surface area contributed by atoms with Crippen molar-refractivity contribution >= 4 is 40.9 Å². The summed E-state index contributed by atoms with van der Waals surface area (Å²) < 4.78 is 11.3. The van der Waals surface area contributed by atoms with Gasteiger partial charge in [-0.2, -0.15) is 0 Å². The Morgan fingerprint density at radius 1 is 1.23 bits per heavy atom. The van der Waals surface area contributed by atoms with Crippen LogP contribution in [0.25, 0.3) is 22.2 Å². The molecule has 1 fully saturated rings. The van der Waals surface area contributed by atoms with E-state index in [9.17, 15) is 9.59 Å². The Balaban J connectivity index is 1.49. The Bertz CT molecular complexity index is 1100. The fourth-order valence-corrected chi connectivity index (χ4v) is 3.99. The second-order valence-corrected chi connectivity index (χ2v) is 8.29. The highest BCUT2D eigenvalue weighted by atomic mass is 35.5. The highest BCUT2D eigenvalue weighted by Gasteiger charge is 2.28. The number of aromatic nitrogens is 1. The van der Waals surface area contributed by atoms with E-state index in [1.54, 1.807) is 11.0 Å². The van der Waals surface area contributed by atoms with Gasteiger partial charge in [-0.25, -0.2) is 9.78 Å². The summed E-state index contributed by atoms with van der Waals surface area (Å²) >= 11 is 6.25. The molecule has 0 aliphatic carbocycles. The fraction of sp³-hybridized carbons (Fsp3) is 0.348. The van der Waals surface area contributed by atoms with Crippen LogP contribution < -0.4 is 5.32 Å². The average molecular weight is 442 g/mol. The minimum Gasteiger partial charge on any atom is -0.447 e. The van der Waals surface area contributed by atoms with Crippen molar-refractivity contribution in [2.24, 2.45) is 0 Å². The number of carbonyl (C=O) groups excluding carboxylic acids is 2. The molecular weight excluding hydrogens is 418 g/mol. The Hall–Kier alpha value is -3.06. The van der Waals surface area contributed by atoms with Crippen LogP contribution in [0.3, 0.4) is 0 Å². The van der Waals surface area contributed by atoms with Crippen molar-refractivity contribution in [2.75, 3.05) is 18.4 Å². The summed E-state index contributed by atoms with van der Waals surface area (Å²) in [6.07, 6.45) is 1.79. The van der Waals surface area contributed by atoms with E-state index in [0.717, 1.165) is 35.1 Å². The molecule has 1 aromatic heterocycles. The summed E-state index contributed by atoms with van der Waals surface area (Å²) in [5.41, 5.74) is 3.95. The SMILES string of the molecule is CC(C)OC(=O)N1CCC(c2nc3cc(-c4ccc(NC=O)c(Cl)c4)ccc3o2)CC1. The summed E-state index contributed by atoms with van der Waals surface area (Å²) in [6.45, 7) is 4.95. The monoisotopic (exact) mass is 441 g/mol. The molecule has 0 atom stereocenters. The number of benzene rings is 2. The second kappa shape index (κ2) is 8.98. The average Bonchev–Trinajstić information content (AvgIpc) is 3.18. The van der Waals surface area contributed by atoms with Gasteiger partial charge in [0.05, 0.1) is 16.8 Å². The molecule has 1 N–H and O–H groups in total. The first kappa shape index (κ1) is 21.2. The van der Waals surface area contributed by atoms with Crippen molar-refractivity contribution in [2.45, 2.75) is 38.7 Å². The quantitative estimate of drug-likeness (QED) is 0.533. The van der Waals surface area contributed by atoms with Gasteiger partial charge in [0.2, 0.25) is 6.41 Å². The standard InChI is InChI=1S/C23H24ClN3O4/c1-14(2)30-23(29)27-9-7-15(8-10-27)22-26-20-12-17(4-6-21(20)31-22)16-3-5-19(25-13-28)18(24)11-16/h3-6,11-15H,7-10H2,1-2H3,(H,25,28). The minimum absolute atomic E-state index is 0.121. The Labute approximate surface area is 185 Å². The molecule has 2 amide bonds. The highest BCUT2D eigenvalue weighted by Crippen LogP contribution is 2.33. The molecule has 2 heterocycles. The van der Waals surface area contributed by atoms with Crippen LogP contribution in [-0.4, -0.2) is 41.6 Å². The maximum absolute atomic E-state index is 12.1. The lowest BCUT2D eigenvalue weighted by atomic mass is 9.97. The van der Waals surface area contributed by atoms with Crippen LogP contribution in [0.15, 0.2) is 40.8 Å². The molecule has 2 aromatic carbocycles. The Kier molecular flexibility index (Phi) is 6.13. The number of anilines is 1. The Morgan fingerprint density at radius 3 is 2.61 bits per heavy atom. The zero-order chi connectivity index (χ0) is 22.0. The van der Waals surface area contributed by atoms with Crippen LogP contribution in [0, 0.1) is 0 Å². The number of halogens is 1. The lowest BCUT2D eigenvalue weighted by Crippen LogP contribution is -2.39. The molecule has 1 aliphatic heterocycles. The largest absolute Gasteiger partial charge is 0.447 e. The van der Waals surface area contributed by atoms with Crippen molar-refractivity contribution in [1.82, 2.24) is 9.88 Å². The van der Waals surface area contributed by atoms with E-state index in [4.69, 9.17) is 25.7 Å². The van der Waals surface area contributed by atoms with Gasteiger partial charge in [0.1, 0.15) is 5.52 Å². The van der Waals surface area contributed by atoms with E-state index < -0.39 is 0 Å². The molecule has 31 heavy (non-hydrogen) atoms. The van der Waals surface area contributed by atoms with E-state index in [2.05, 4.69) is 5.32 Å². The molecule has 0 bridgehead atoms. The third-order valence-corrected chi connectivity index (χ3v) is 5.67. The number of fused-ring (bicyclic) bond motifs is 1. The van der Waals surface area contributed by atoms with Gasteiger partial charge in [0.15, 0.2) is 11.5 Å². The zero-order valence-electron chi connectivity index (χ0n) is 17.4. The van der Waals surface area contributed by atoms with Crippen LogP contribution in [-0.2, 0) is 9.53 Å². The van der Waals surface area contributed by atoms with E-state index in [1.807, 2.05) is 44.2 Å². The van der Waals surface area contributed by atoms with Crippen molar-refractivity contribution in [3.05, 3.63) is 47.3 Å². The van der Waals surface area contributed by atoms with Gasteiger partial charge in [-0.1, -0.05) is 23.7 Å². The smallest absolute Gasteiger partial charge is 0.410 e. The number of hydrogen-bond acceptors (Lipinski definition) is 5. The zero-order valence-corrected chi connectivity index (χ0v) is 18.2. The van der Waals surface area contributed by atoms with Crippen molar-refractivity contribution in [3.63, 3.8) is 0 Å². The lowest BCUT2D eigenvalue weighted by molar-refractivity contribution is -0.105. The molecule has 0 saturated carbocycles. The fourth-order valence-electron chi connectivity index (χ4n) is 3.76. The molecule has 1 saturated heterocycles. The molecule has 0 spiro atoms.